The summed E-state index contributed by atoms with van der Waals surface area (Å²) in [4.78, 5) is 23.7. The average Bonchev–Trinajstić information content (AvgIpc) is 2.70. The van der Waals surface area contributed by atoms with Crippen LogP contribution in [0.3, 0.4) is 0 Å². The molecule has 0 heterocycles. The highest BCUT2D eigenvalue weighted by molar-refractivity contribution is 7.80. The maximum atomic E-state index is 11.9. The van der Waals surface area contributed by atoms with Crippen molar-refractivity contribution in [2.75, 3.05) is 6.61 Å². The molecule has 0 atom stereocenters. The number of hydrogen-bond acceptors (Lipinski definition) is 4. The third-order valence-corrected chi connectivity index (χ3v) is 4.42. The third kappa shape index (κ3) is 7.54. The normalized spacial score (nSPS) is 10.1. The molecule has 0 aromatic heterocycles. The van der Waals surface area contributed by atoms with Gasteiger partial charge in [-0.3, -0.25) is 20.4 Å². The van der Waals surface area contributed by atoms with Gasteiger partial charge in [0.2, 0.25) is 5.91 Å². The fourth-order valence-corrected chi connectivity index (χ4v) is 2.70. The largest absolute Gasteiger partial charge is 0.484 e. The number of nitrogens with one attached hydrogen (secondary N) is 3. The Morgan fingerprint density at radius 3 is 2.43 bits per heavy atom. The molecule has 0 fully saturated rings. The minimum absolute atomic E-state index is 0.00445. The summed E-state index contributed by atoms with van der Waals surface area (Å²) in [6.45, 7) is 1.88. The lowest BCUT2D eigenvalue weighted by Gasteiger charge is -2.11. The van der Waals surface area contributed by atoms with Gasteiger partial charge in [0.05, 0.1) is 0 Å². The standard InChI is InChI=1S/C20H22ClN3O3S/c1-2-14-7-10-16(11-8-14)27-13-19(26)23-24-20(28)22-18(25)12-9-15-5-3-4-6-17(15)21/h3-8,10-11H,2,9,12-13H2,1H3,(H,23,26)(H2,22,24,25,28). The van der Waals surface area contributed by atoms with E-state index < -0.39 is 5.91 Å². The van der Waals surface area contributed by atoms with Crippen molar-refractivity contribution >= 4 is 40.7 Å². The Morgan fingerprint density at radius 1 is 1.04 bits per heavy atom. The van der Waals surface area contributed by atoms with Gasteiger partial charge in [0.25, 0.3) is 5.91 Å². The second-order valence-electron chi connectivity index (χ2n) is 5.93. The Morgan fingerprint density at radius 2 is 1.75 bits per heavy atom. The van der Waals surface area contributed by atoms with E-state index in [1.165, 1.54) is 5.56 Å². The van der Waals surface area contributed by atoms with Crippen LogP contribution in [0, 0.1) is 0 Å². The van der Waals surface area contributed by atoms with Gasteiger partial charge < -0.3 is 10.1 Å². The number of hydrogen-bond donors (Lipinski definition) is 3. The molecule has 0 saturated carbocycles. The van der Waals surface area contributed by atoms with Crippen molar-refractivity contribution in [3.63, 3.8) is 0 Å². The van der Waals surface area contributed by atoms with Crippen molar-refractivity contribution < 1.29 is 14.3 Å². The van der Waals surface area contributed by atoms with E-state index in [0.29, 0.717) is 17.2 Å². The highest BCUT2D eigenvalue weighted by Crippen LogP contribution is 2.16. The molecule has 28 heavy (non-hydrogen) atoms. The second-order valence-corrected chi connectivity index (χ2v) is 6.74. The summed E-state index contributed by atoms with van der Waals surface area (Å²) in [6, 6.07) is 14.8. The minimum Gasteiger partial charge on any atom is -0.484 e. The molecule has 0 saturated heterocycles. The van der Waals surface area contributed by atoms with Crippen LogP contribution in [0.15, 0.2) is 48.5 Å². The van der Waals surface area contributed by atoms with E-state index in [2.05, 4.69) is 23.1 Å². The van der Waals surface area contributed by atoms with E-state index >= 15 is 0 Å². The first kappa shape index (κ1) is 21.7. The molecule has 0 unspecified atom stereocenters. The van der Waals surface area contributed by atoms with Crippen molar-refractivity contribution in [2.45, 2.75) is 26.2 Å². The van der Waals surface area contributed by atoms with Gasteiger partial charge in [-0.05, 0) is 54.4 Å². The number of halogens is 1. The van der Waals surface area contributed by atoms with Crippen molar-refractivity contribution in [3.8, 4) is 5.75 Å². The topological polar surface area (TPSA) is 79.5 Å². The van der Waals surface area contributed by atoms with Gasteiger partial charge in [-0.15, -0.1) is 0 Å². The first-order valence-corrected chi connectivity index (χ1v) is 9.60. The molecule has 2 amide bonds. The fraction of sp³-hybridized carbons (Fsp3) is 0.250. The van der Waals surface area contributed by atoms with Gasteiger partial charge >= 0.3 is 0 Å². The molecule has 2 rings (SSSR count). The van der Waals surface area contributed by atoms with Gasteiger partial charge in [0.1, 0.15) is 5.75 Å². The maximum absolute atomic E-state index is 11.9. The Kier molecular flexibility index (Phi) is 8.71. The Labute approximate surface area is 174 Å². The van der Waals surface area contributed by atoms with Gasteiger partial charge in [-0.25, -0.2) is 0 Å². The molecule has 0 spiro atoms. The molecule has 0 aliphatic carbocycles. The summed E-state index contributed by atoms with van der Waals surface area (Å²) >= 11 is 11.0. The Balaban J connectivity index is 1.64. The summed E-state index contributed by atoms with van der Waals surface area (Å²) in [5.74, 6) is -0.103. The highest BCUT2D eigenvalue weighted by atomic mass is 35.5. The molecule has 8 heteroatoms. The van der Waals surface area contributed by atoms with Crippen molar-refractivity contribution in [1.82, 2.24) is 16.2 Å². The summed E-state index contributed by atoms with van der Waals surface area (Å²) in [5, 5.41) is 3.12. The summed E-state index contributed by atoms with van der Waals surface area (Å²) < 4.78 is 5.38. The number of rotatable bonds is 7. The summed E-state index contributed by atoms with van der Waals surface area (Å²) in [7, 11) is 0. The number of thiocarbonyl (C=S) groups is 1. The van der Waals surface area contributed by atoms with E-state index in [1.807, 2.05) is 42.5 Å². The zero-order valence-electron chi connectivity index (χ0n) is 15.5. The van der Waals surface area contributed by atoms with Crippen molar-refractivity contribution in [3.05, 3.63) is 64.7 Å². The van der Waals surface area contributed by atoms with E-state index in [-0.39, 0.29) is 24.0 Å². The van der Waals surface area contributed by atoms with Crippen molar-refractivity contribution in [2.24, 2.45) is 0 Å². The first-order valence-electron chi connectivity index (χ1n) is 8.81. The van der Waals surface area contributed by atoms with E-state index in [1.54, 1.807) is 6.07 Å². The van der Waals surface area contributed by atoms with E-state index in [4.69, 9.17) is 28.6 Å². The molecular weight excluding hydrogens is 398 g/mol. The lowest BCUT2D eigenvalue weighted by Crippen LogP contribution is -2.49. The van der Waals surface area contributed by atoms with Gasteiger partial charge in [-0.1, -0.05) is 48.9 Å². The number of aryl methyl sites for hydroxylation is 2. The zero-order chi connectivity index (χ0) is 20.4. The fourth-order valence-electron chi connectivity index (χ4n) is 2.30. The van der Waals surface area contributed by atoms with Crippen LogP contribution in [-0.2, 0) is 22.4 Å². The van der Waals surface area contributed by atoms with Gasteiger partial charge in [-0.2, -0.15) is 0 Å². The zero-order valence-corrected chi connectivity index (χ0v) is 17.0. The van der Waals surface area contributed by atoms with Crippen LogP contribution in [-0.4, -0.2) is 23.5 Å². The van der Waals surface area contributed by atoms with Crippen LogP contribution in [0.4, 0.5) is 0 Å². The Hall–Kier alpha value is -2.64. The maximum Gasteiger partial charge on any atom is 0.276 e. The minimum atomic E-state index is -0.424. The predicted octanol–water partition coefficient (Wildman–Crippen LogP) is 2.94. The lowest BCUT2D eigenvalue weighted by atomic mass is 10.1. The molecule has 0 radical (unpaired) electrons. The lowest BCUT2D eigenvalue weighted by molar-refractivity contribution is -0.124. The molecule has 0 bridgehead atoms. The molecule has 6 nitrogen and oxygen atoms in total. The summed E-state index contributed by atoms with van der Waals surface area (Å²) in [5.41, 5.74) is 6.92. The van der Waals surface area contributed by atoms with Crippen LogP contribution in [0.2, 0.25) is 5.02 Å². The number of hydrazine groups is 1. The average molecular weight is 420 g/mol. The quantitative estimate of drug-likeness (QED) is 0.475. The van der Waals surface area contributed by atoms with Gasteiger partial charge in [0, 0.05) is 11.4 Å². The molecule has 0 aliphatic heterocycles. The molecular formula is C20H22ClN3O3S. The molecule has 2 aromatic rings. The number of amides is 2. The monoisotopic (exact) mass is 419 g/mol. The van der Waals surface area contributed by atoms with Gasteiger partial charge in [0.15, 0.2) is 11.7 Å². The number of benzene rings is 2. The van der Waals surface area contributed by atoms with E-state index in [9.17, 15) is 9.59 Å². The first-order chi connectivity index (χ1) is 13.5. The van der Waals surface area contributed by atoms with Crippen LogP contribution < -0.4 is 20.9 Å². The van der Waals surface area contributed by atoms with Crippen LogP contribution in [0.5, 0.6) is 5.75 Å². The molecule has 0 aliphatic rings. The second kappa shape index (κ2) is 11.3. The van der Waals surface area contributed by atoms with Crippen LogP contribution in [0.25, 0.3) is 0 Å². The highest BCUT2D eigenvalue weighted by Gasteiger charge is 2.08. The molecule has 148 valence electrons. The predicted molar refractivity (Wildman–Crippen MR) is 113 cm³/mol. The smallest absolute Gasteiger partial charge is 0.276 e. The van der Waals surface area contributed by atoms with Crippen LogP contribution >= 0.6 is 23.8 Å². The summed E-state index contributed by atoms with van der Waals surface area (Å²) in [6.07, 6.45) is 1.65. The molecule has 2 aromatic carbocycles. The Bertz CT molecular complexity index is 828. The number of carbonyl (C=O) groups is 2. The van der Waals surface area contributed by atoms with E-state index in [0.717, 1.165) is 12.0 Å². The third-order valence-electron chi connectivity index (χ3n) is 3.85. The van der Waals surface area contributed by atoms with Crippen LogP contribution in [0.1, 0.15) is 24.5 Å². The SMILES string of the molecule is CCc1ccc(OCC(=O)NNC(=S)NC(=O)CCc2ccccc2Cl)cc1. The van der Waals surface area contributed by atoms with Crippen molar-refractivity contribution in [1.29, 1.82) is 0 Å². The molecule has 3 N–H and O–H groups in total. The number of carbonyl (C=O) groups excluding carboxylic acids is 2. The number of ether oxygens (including phenoxy) is 1.